The summed E-state index contributed by atoms with van der Waals surface area (Å²) in [5.41, 5.74) is 1.40. The van der Waals surface area contributed by atoms with E-state index in [2.05, 4.69) is 43.4 Å². The highest BCUT2D eigenvalue weighted by Gasteiger charge is 2.07. The highest BCUT2D eigenvalue weighted by atomic mass is 16.5. The molecule has 0 spiro atoms. The molecule has 0 aliphatic rings. The third-order valence-corrected chi connectivity index (χ3v) is 3.59. The molecule has 0 saturated heterocycles. The van der Waals surface area contributed by atoms with E-state index in [1.807, 2.05) is 0 Å². The van der Waals surface area contributed by atoms with Crippen LogP contribution in [0.3, 0.4) is 0 Å². The quantitative estimate of drug-likeness (QED) is 0.639. The lowest BCUT2D eigenvalue weighted by Crippen LogP contribution is -2.29. The van der Waals surface area contributed by atoms with E-state index in [0.29, 0.717) is 6.04 Å². The topological polar surface area (TPSA) is 21.3 Å². The van der Waals surface area contributed by atoms with E-state index >= 15 is 0 Å². The second-order valence-corrected chi connectivity index (χ2v) is 5.14. The summed E-state index contributed by atoms with van der Waals surface area (Å²) >= 11 is 0. The fourth-order valence-corrected chi connectivity index (χ4v) is 2.41. The van der Waals surface area contributed by atoms with Crippen LogP contribution in [0.2, 0.25) is 0 Å². The van der Waals surface area contributed by atoms with Gasteiger partial charge in [0.15, 0.2) is 0 Å². The van der Waals surface area contributed by atoms with Gasteiger partial charge in [-0.15, -0.1) is 0 Å². The van der Waals surface area contributed by atoms with Crippen LogP contribution in [-0.4, -0.2) is 19.7 Å². The van der Waals surface area contributed by atoms with Crippen LogP contribution in [0.4, 0.5) is 0 Å². The van der Waals surface area contributed by atoms with Gasteiger partial charge < -0.3 is 10.1 Å². The molecule has 1 unspecified atom stereocenters. The Bertz CT molecular complexity index is 321. The molecule has 0 saturated carbocycles. The molecule has 0 aliphatic heterocycles. The van der Waals surface area contributed by atoms with Crippen LogP contribution in [-0.2, 0) is 6.42 Å². The van der Waals surface area contributed by atoms with E-state index in [1.54, 1.807) is 7.11 Å². The normalized spacial score (nSPS) is 12.4. The number of nitrogens with one attached hydrogen (secondary N) is 1. The summed E-state index contributed by atoms with van der Waals surface area (Å²) in [6, 6.07) is 9.11. The summed E-state index contributed by atoms with van der Waals surface area (Å²) < 4.78 is 5.19. The zero-order valence-corrected chi connectivity index (χ0v) is 12.7. The third-order valence-electron chi connectivity index (χ3n) is 3.59. The third kappa shape index (κ3) is 6.63. The highest BCUT2D eigenvalue weighted by Crippen LogP contribution is 2.15. The number of hydrogen-bond acceptors (Lipinski definition) is 2. The van der Waals surface area contributed by atoms with E-state index in [4.69, 9.17) is 4.74 Å². The first-order chi connectivity index (χ1) is 9.30. The highest BCUT2D eigenvalue weighted by molar-refractivity contribution is 5.27. The summed E-state index contributed by atoms with van der Waals surface area (Å²) in [5.74, 6) is 0.940. The molecule has 2 heteroatoms. The minimum atomic E-state index is 0.665. The van der Waals surface area contributed by atoms with E-state index in [-0.39, 0.29) is 0 Å². The van der Waals surface area contributed by atoms with E-state index in [1.165, 1.54) is 37.7 Å². The fraction of sp³-hybridized carbons (Fsp3) is 0.647. The van der Waals surface area contributed by atoms with Gasteiger partial charge in [0.2, 0.25) is 0 Å². The molecule has 1 aromatic rings. The molecule has 19 heavy (non-hydrogen) atoms. The molecular formula is C17H29NO. The Morgan fingerprint density at radius 2 is 1.79 bits per heavy atom. The minimum absolute atomic E-state index is 0.665. The molecular weight excluding hydrogens is 234 g/mol. The molecule has 1 N–H and O–H groups in total. The van der Waals surface area contributed by atoms with E-state index in [9.17, 15) is 0 Å². The number of methoxy groups -OCH3 is 1. The van der Waals surface area contributed by atoms with Gasteiger partial charge in [-0.05, 0) is 43.5 Å². The zero-order valence-electron chi connectivity index (χ0n) is 12.7. The molecule has 0 amide bonds. The van der Waals surface area contributed by atoms with Crippen LogP contribution in [0.5, 0.6) is 5.75 Å². The first kappa shape index (κ1) is 16.0. The van der Waals surface area contributed by atoms with Gasteiger partial charge in [-0.3, -0.25) is 0 Å². The molecule has 1 aromatic carbocycles. The van der Waals surface area contributed by atoms with Gasteiger partial charge in [0.1, 0.15) is 5.75 Å². The number of benzene rings is 1. The van der Waals surface area contributed by atoms with Gasteiger partial charge in [0.25, 0.3) is 0 Å². The molecule has 108 valence electrons. The summed E-state index contributed by atoms with van der Waals surface area (Å²) in [6.45, 7) is 5.53. The van der Waals surface area contributed by atoms with Crippen molar-refractivity contribution in [3.05, 3.63) is 29.8 Å². The van der Waals surface area contributed by atoms with Gasteiger partial charge in [0.05, 0.1) is 7.11 Å². The molecule has 0 bridgehead atoms. The van der Waals surface area contributed by atoms with Gasteiger partial charge >= 0.3 is 0 Å². The average molecular weight is 263 g/mol. The van der Waals surface area contributed by atoms with Crippen LogP contribution in [0.15, 0.2) is 24.3 Å². The van der Waals surface area contributed by atoms with Crippen molar-refractivity contribution in [3.8, 4) is 5.75 Å². The second kappa shape index (κ2) is 9.85. The van der Waals surface area contributed by atoms with Crippen molar-refractivity contribution in [3.63, 3.8) is 0 Å². The summed E-state index contributed by atoms with van der Waals surface area (Å²) in [5, 5.41) is 3.61. The van der Waals surface area contributed by atoms with Crippen molar-refractivity contribution in [2.45, 2.75) is 58.4 Å². The second-order valence-electron chi connectivity index (χ2n) is 5.14. The van der Waals surface area contributed by atoms with Gasteiger partial charge in [0, 0.05) is 6.04 Å². The van der Waals surface area contributed by atoms with Gasteiger partial charge in [-0.25, -0.2) is 0 Å². The maximum Gasteiger partial charge on any atom is 0.118 e. The number of rotatable bonds is 10. The predicted molar refractivity (Wildman–Crippen MR) is 82.9 cm³/mol. The van der Waals surface area contributed by atoms with Crippen LogP contribution < -0.4 is 10.1 Å². The number of aryl methyl sites for hydroxylation is 1. The Hall–Kier alpha value is -1.02. The Balaban J connectivity index is 2.36. The minimum Gasteiger partial charge on any atom is -0.497 e. The van der Waals surface area contributed by atoms with Crippen molar-refractivity contribution >= 4 is 0 Å². The monoisotopic (exact) mass is 263 g/mol. The van der Waals surface area contributed by atoms with Gasteiger partial charge in [-0.2, -0.15) is 0 Å². The van der Waals surface area contributed by atoms with Crippen molar-refractivity contribution in [2.75, 3.05) is 13.7 Å². The van der Waals surface area contributed by atoms with Crippen LogP contribution in [0, 0.1) is 0 Å². The van der Waals surface area contributed by atoms with Crippen LogP contribution in [0.1, 0.15) is 51.5 Å². The maximum absolute atomic E-state index is 5.19. The molecule has 2 nitrogen and oxygen atoms in total. The number of ether oxygens (including phenoxy) is 1. The molecule has 0 heterocycles. The van der Waals surface area contributed by atoms with Gasteiger partial charge in [-0.1, -0.05) is 45.2 Å². The zero-order chi connectivity index (χ0) is 13.9. The Morgan fingerprint density at radius 3 is 2.37 bits per heavy atom. The SMILES string of the molecule is CCCCCC(CCc1ccc(OC)cc1)NCC. The largest absolute Gasteiger partial charge is 0.497 e. The van der Waals surface area contributed by atoms with Crippen molar-refractivity contribution in [1.29, 1.82) is 0 Å². The Labute approximate surface area is 118 Å². The summed E-state index contributed by atoms with van der Waals surface area (Å²) in [4.78, 5) is 0. The standard InChI is InChI=1S/C17H29NO/c1-4-6-7-8-16(18-5-2)12-9-15-10-13-17(19-3)14-11-15/h10-11,13-14,16,18H,4-9,12H2,1-3H3. The van der Waals surface area contributed by atoms with Crippen molar-refractivity contribution in [1.82, 2.24) is 5.32 Å². The maximum atomic E-state index is 5.19. The number of unbranched alkanes of at least 4 members (excludes halogenated alkanes) is 2. The predicted octanol–water partition coefficient (Wildman–Crippen LogP) is 4.19. The first-order valence-corrected chi connectivity index (χ1v) is 7.66. The molecule has 0 fully saturated rings. The molecule has 1 rings (SSSR count). The summed E-state index contributed by atoms with van der Waals surface area (Å²) in [7, 11) is 1.71. The lowest BCUT2D eigenvalue weighted by atomic mass is 10.0. The average Bonchev–Trinajstić information content (AvgIpc) is 2.45. The Kier molecular flexibility index (Phi) is 8.31. The Morgan fingerprint density at radius 1 is 1.05 bits per heavy atom. The molecule has 0 radical (unpaired) electrons. The molecule has 0 aliphatic carbocycles. The van der Waals surface area contributed by atoms with Crippen molar-refractivity contribution < 1.29 is 4.74 Å². The molecule has 1 atom stereocenters. The smallest absolute Gasteiger partial charge is 0.118 e. The lowest BCUT2D eigenvalue weighted by Gasteiger charge is -2.17. The van der Waals surface area contributed by atoms with E-state index in [0.717, 1.165) is 18.7 Å². The lowest BCUT2D eigenvalue weighted by molar-refractivity contribution is 0.414. The van der Waals surface area contributed by atoms with Crippen LogP contribution >= 0.6 is 0 Å². The van der Waals surface area contributed by atoms with Crippen LogP contribution in [0.25, 0.3) is 0 Å². The number of hydrogen-bond donors (Lipinski definition) is 1. The van der Waals surface area contributed by atoms with Crippen molar-refractivity contribution in [2.24, 2.45) is 0 Å². The first-order valence-electron chi connectivity index (χ1n) is 7.66. The fourth-order valence-electron chi connectivity index (χ4n) is 2.41. The molecule has 0 aromatic heterocycles. The van der Waals surface area contributed by atoms with E-state index < -0.39 is 0 Å². The summed E-state index contributed by atoms with van der Waals surface area (Å²) in [6.07, 6.45) is 7.67.